The maximum Gasteiger partial charge on any atom is 0.224 e. The van der Waals surface area contributed by atoms with E-state index in [9.17, 15) is 9.18 Å². The minimum absolute atomic E-state index is 0.122. The molecule has 1 saturated heterocycles. The third-order valence-corrected chi connectivity index (χ3v) is 5.13. The predicted molar refractivity (Wildman–Crippen MR) is 113 cm³/mol. The molecule has 0 saturated carbocycles. The predicted octanol–water partition coefficient (Wildman–Crippen LogP) is 4.20. The zero-order valence-electron chi connectivity index (χ0n) is 16.9. The molecule has 7 heteroatoms. The lowest BCUT2D eigenvalue weighted by Gasteiger charge is -2.29. The molecule has 0 radical (unpaired) electrons. The van der Waals surface area contributed by atoms with Crippen LogP contribution in [0.2, 0.25) is 0 Å². The van der Waals surface area contributed by atoms with E-state index in [1.54, 1.807) is 18.2 Å². The van der Waals surface area contributed by atoms with Crippen LogP contribution in [-0.2, 0) is 16.0 Å². The number of hydrogen-bond donors (Lipinski definition) is 1. The number of nitrogens with one attached hydrogen (secondary N) is 1. The van der Waals surface area contributed by atoms with Crippen molar-refractivity contribution in [1.29, 1.82) is 0 Å². The second-order valence-electron chi connectivity index (χ2n) is 7.24. The van der Waals surface area contributed by atoms with E-state index in [1.807, 2.05) is 19.1 Å². The SMILES string of the molecule is Cc1ccc(N2CCOCC2)cc1NC(=O)CCc1ncc(-c2ccccc2F)o1. The quantitative estimate of drug-likeness (QED) is 0.661. The fourth-order valence-electron chi connectivity index (χ4n) is 3.41. The van der Waals surface area contributed by atoms with Gasteiger partial charge in [-0.3, -0.25) is 4.79 Å². The van der Waals surface area contributed by atoms with Gasteiger partial charge in [0.05, 0.1) is 25.0 Å². The van der Waals surface area contributed by atoms with Gasteiger partial charge in [-0.15, -0.1) is 0 Å². The van der Waals surface area contributed by atoms with Crippen molar-refractivity contribution in [3.8, 4) is 11.3 Å². The third kappa shape index (κ3) is 4.68. The van der Waals surface area contributed by atoms with Gasteiger partial charge in [-0.05, 0) is 36.8 Å². The number of aromatic nitrogens is 1. The maximum absolute atomic E-state index is 13.9. The van der Waals surface area contributed by atoms with E-state index in [4.69, 9.17) is 9.15 Å². The Morgan fingerprint density at radius 1 is 1.20 bits per heavy atom. The molecule has 3 aromatic rings. The van der Waals surface area contributed by atoms with Gasteiger partial charge in [0.2, 0.25) is 5.91 Å². The van der Waals surface area contributed by atoms with E-state index in [0.717, 1.165) is 30.0 Å². The summed E-state index contributed by atoms with van der Waals surface area (Å²) >= 11 is 0. The fraction of sp³-hybridized carbons (Fsp3) is 0.304. The lowest BCUT2D eigenvalue weighted by molar-refractivity contribution is -0.116. The van der Waals surface area contributed by atoms with Crippen molar-refractivity contribution in [2.24, 2.45) is 0 Å². The van der Waals surface area contributed by atoms with Crippen molar-refractivity contribution in [3.63, 3.8) is 0 Å². The first-order chi connectivity index (χ1) is 14.6. The number of ether oxygens (including phenoxy) is 1. The van der Waals surface area contributed by atoms with Crippen molar-refractivity contribution in [1.82, 2.24) is 4.98 Å². The molecule has 4 rings (SSSR count). The van der Waals surface area contributed by atoms with Crippen LogP contribution in [-0.4, -0.2) is 37.2 Å². The maximum atomic E-state index is 13.9. The summed E-state index contributed by atoms with van der Waals surface area (Å²) in [5.74, 6) is 0.274. The Labute approximate surface area is 174 Å². The number of carbonyl (C=O) groups is 1. The topological polar surface area (TPSA) is 67.6 Å². The van der Waals surface area contributed by atoms with Crippen LogP contribution in [0.25, 0.3) is 11.3 Å². The first-order valence-corrected chi connectivity index (χ1v) is 10.0. The van der Waals surface area contributed by atoms with E-state index < -0.39 is 0 Å². The van der Waals surface area contributed by atoms with E-state index in [1.165, 1.54) is 12.3 Å². The molecule has 2 heterocycles. The van der Waals surface area contributed by atoms with Crippen LogP contribution >= 0.6 is 0 Å². The second-order valence-corrected chi connectivity index (χ2v) is 7.24. The molecular formula is C23H24FN3O3. The molecule has 1 aromatic heterocycles. The van der Waals surface area contributed by atoms with E-state index in [-0.39, 0.29) is 18.1 Å². The molecule has 2 aromatic carbocycles. The summed E-state index contributed by atoms with van der Waals surface area (Å²) in [4.78, 5) is 18.9. The summed E-state index contributed by atoms with van der Waals surface area (Å²) < 4.78 is 24.9. The molecular weight excluding hydrogens is 385 g/mol. The van der Waals surface area contributed by atoms with Gasteiger partial charge in [0.15, 0.2) is 11.7 Å². The summed E-state index contributed by atoms with van der Waals surface area (Å²) in [6.45, 7) is 5.06. The number of oxazole rings is 1. The van der Waals surface area contributed by atoms with Gasteiger partial charge in [0.1, 0.15) is 5.82 Å². The number of hydrogen-bond acceptors (Lipinski definition) is 5. The standard InChI is InChI=1S/C23H24FN3O3/c1-16-6-7-17(27-10-12-29-13-11-27)14-20(16)26-22(28)8-9-23-25-15-21(30-23)18-4-2-3-5-19(18)24/h2-7,14-15H,8-13H2,1H3,(H,26,28). The highest BCUT2D eigenvalue weighted by Crippen LogP contribution is 2.25. The van der Waals surface area contributed by atoms with Gasteiger partial charge in [-0.2, -0.15) is 0 Å². The molecule has 1 amide bonds. The van der Waals surface area contributed by atoms with Gasteiger partial charge in [-0.25, -0.2) is 9.37 Å². The monoisotopic (exact) mass is 409 g/mol. The van der Waals surface area contributed by atoms with Crippen molar-refractivity contribution in [2.75, 3.05) is 36.5 Å². The van der Waals surface area contributed by atoms with E-state index >= 15 is 0 Å². The number of amides is 1. The average Bonchev–Trinajstić information content (AvgIpc) is 3.24. The fourth-order valence-corrected chi connectivity index (χ4v) is 3.41. The minimum Gasteiger partial charge on any atom is -0.441 e. The van der Waals surface area contributed by atoms with E-state index in [0.29, 0.717) is 36.8 Å². The van der Waals surface area contributed by atoms with Crippen LogP contribution < -0.4 is 10.2 Å². The van der Waals surface area contributed by atoms with Gasteiger partial charge >= 0.3 is 0 Å². The Balaban J connectivity index is 1.37. The Kier molecular flexibility index (Phi) is 6.09. The molecule has 0 bridgehead atoms. The summed E-state index contributed by atoms with van der Waals surface area (Å²) in [5, 5.41) is 2.98. The number of aryl methyl sites for hydroxylation is 2. The normalized spacial score (nSPS) is 14.0. The number of benzene rings is 2. The number of anilines is 2. The van der Waals surface area contributed by atoms with Crippen LogP contribution in [0.5, 0.6) is 0 Å². The Bertz CT molecular complexity index is 1030. The molecule has 30 heavy (non-hydrogen) atoms. The van der Waals surface area contributed by atoms with Crippen LogP contribution in [0.1, 0.15) is 17.9 Å². The van der Waals surface area contributed by atoms with Crippen LogP contribution in [0, 0.1) is 12.7 Å². The van der Waals surface area contributed by atoms with Crippen molar-refractivity contribution in [2.45, 2.75) is 19.8 Å². The Hall–Kier alpha value is -3.19. The molecule has 6 nitrogen and oxygen atoms in total. The van der Waals surface area contributed by atoms with Crippen LogP contribution in [0.15, 0.2) is 53.1 Å². The average molecular weight is 409 g/mol. The van der Waals surface area contributed by atoms with Gasteiger partial charge < -0.3 is 19.4 Å². The number of carbonyl (C=O) groups excluding carboxylic acids is 1. The highest BCUT2D eigenvalue weighted by atomic mass is 19.1. The first-order valence-electron chi connectivity index (χ1n) is 10.0. The molecule has 1 aliphatic rings. The van der Waals surface area contributed by atoms with Crippen LogP contribution in [0.3, 0.4) is 0 Å². The lowest BCUT2D eigenvalue weighted by Crippen LogP contribution is -2.36. The number of morpholine rings is 1. The summed E-state index contributed by atoms with van der Waals surface area (Å²) in [5.41, 5.74) is 3.22. The molecule has 1 aliphatic heterocycles. The third-order valence-electron chi connectivity index (χ3n) is 5.13. The zero-order valence-corrected chi connectivity index (χ0v) is 16.9. The minimum atomic E-state index is -0.367. The van der Waals surface area contributed by atoms with Crippen molar-refractivity contribution in [3.05, 3.63) is 65.9 Å². The Morgan fingerprint density at radius 2 is 2.00 bits per heavy atom. The number of halogens is 1. The molecule has 0 atom stereocenters. The number of rotatable bonds is 6. The highest BCUT2D eigenvalue weighted by molar-refractivity contribution is 5.92. The van der Waals surface area contributed by atoms with Crippen LogP contribution in [0.4, 0.5) is 15.8 Å². The molecule has 0 spiro atoms. The Morgan fingerprint density at radius 3 is 2.80 bits per heavy atom. The van der Waals surface area contributed by atoms with Gasteiger partial charge in [0.25, 0.3) is 0 Å². The largest absolute Gasteiger partial charge is 0.441 e. The second kappa shape index (κ2) is 9.09. The molecule has 156 valence electrons. The summed E-state index contributed by atoms with van der Waals surface area (Å²) in [6, 6.07) is 12.4. The van der Waals surface area contributed by atoms with Crippen molar-refractivity contribution >= 4 is 17.3 Å². The molecule has 0 aliphatic carbocycles. The molecule has 0 unspecified atom stereocenters. The molecule has 1 N–H and O–H groups in total. The van der Waals surface area contributed by atoms with Crippen molar-refractivity contribution < 1.29 is 18.3 Å². The molecule has 1 fully saturated rings. The van der Waals surface area contributed by atoms with E-state index in [2.05, 4.69) is 21.3 Å². The van der Waals surface area contributed by atoms with Gasteiger partial charge in [-0.1, -0.05) is 18.2 Å². The van der Waals surface area contributed by atoms with Gasteiger partial charge in [0, 0.05) is 37.3 Å². The summed E-state index contributed by atoms with van der Waals surface area (Å²) in [6.07, 6.45) is 2.04. The first kappa shape index (κ1) is 20.1. The highest BCUT2D eigenvalue weighted by Gasteiger charge is 2.15. The lowest BCUT2D eigenvalue weighted by atomic mass is 10.1. The zero-order chi connectivity index (χ0) is 20.9. The smallest absolute Gasteiger partial charge is 0.224 e. The number of nitrogens with zero attached hydrogens (tertiary/aromatic N) is 2. The summed E-state index contributed by atoms with van der Waals surface area (Å²) in [7, 11) is 0.